The minimum Gasteiger partial charge on any atom is -0.298 e. The van der Waals surface area contributed by atoms with Gasteiger partial charge in [0.05, 0.1) is 0 Å². The molecule has 0 aliphatic carbocycles. The molecule has 0 radical (unpaired) electrons. The molecule has 0 aromatic heterocycles. The summed E-state index contributed by atoms with van der Waals surface area (Å²) in [6.45, 7) is 3.64. The molecule has 2 aromatic carbocycles. The predicted octanol–water partition coefficient (Wildman–Crippen LogP) is 3.30. The van der Waals surface area contributed by atoms with Crippen LogP contribution in [0.5, 0.6) is 11.5 Å². The minimum absolute atomic E-state index is 0.505. The monoisotopic (exact) mass is 270 g/mol. The van der Waals surface area contributed by atoms with Crippen molar-refractivity contribution in [2.24, 2.45) is 0 Å². The van der Waals surface area contributed by atoms with Gasteiger partial charge in [0.2, 0.25) is 0 Å². The van der Waals surface area contributed by atoms with Crippen molar-refractivity contribution in [3.63, 3.8) is 0 Å². The number of benzene rings is 2. The highest BCUT2D eigenvalue weighted by atomic mass is 17.2. The second-order valence-corrected chi connectivity index (χ2v) is 4.44. The van der Waals surface area contributed by atoms with Crippen molar-refractivity contribution in [3.05, 3.63) is 58.7 Å². The van der Waals surface area contributed by atoms with Crippen LogP contribution in [0, 0.1) is 13.8 Å². The van der Waals surface area contributed by atoms with Crippen LogP contribution in [-0.4, -0.2) is 12.6 Å². The standard InChI is InChI=1S/C16H14O4/c1-11-7-15(5-3-13(11)9-17)19-20-16-6-4-14(10-18)12(2)8-16/h3-10H,1-2H3. The SMILES string of the molecule is Cc1cc(OOc2ccc(C=O)c(C)c2)ccc1C=O. The van der Waals surface area contributed by atoms with Crippen molar-refractivity contribution >= 4 is 12.6 Å². The zero-order valence-electron chi connectivity index (χ0n) is 11.3. The number of hydrogen-bond donors (Lipinski definition) is 0. The van der Waals surface area contributed by atoms with Gasteiger partial charge in [-0.1, -0.05) is 0 Å². The van der Waals surface area contributed by atoms with Gasteiger partial charge < -0.3 is 0 Å². The van der Waals surface area contributed by atoms with E-state index in [0.29, 0.717) is 22.6 Å². The Kier molecular flexibility index (Phi) is 4.15. The van der Waals surface area contributed by atoms with Gasteiger partial charge in [-0.2, -0.15) is 0 Å². The molecule has 0 N–H and O–H groups in total. The summed E-state index contributed by atoms with van der Waals surface area (Å²) in [5, 5.41) is 0. The maximum absolute atomic E-state index is 10.7. The van der Waals surface area contributed by atoms with Gasteiger partial charge >= 0.3 is 0 Å². The Labute approximate surface area is 116 Å². The van der Waals surface area contributed by atoms with Crippen molar-refractivity contribution in [1.82, 2.24) is 0 Å². The molecule has 2 rings (SSSR count). The van der Waals surface area contributed by atoms with E-state index in [1.807, 2.05) is 13.8 Å². The quantitative estimate of drug-likeness (QED) is 0.475. The lowest BCUT2D eigenvalue weighted by Gasteiger charge is -2.08. The first kappa shape index (κ1) is 13.8. The van der Waals surface area contributed by atoms with E-state index in [4.69, 9.17) is 9.78 Å². The smallest absolute Gasteiger partial charge is 0.178 e. The Balaban J connectivity index is 2.08. The normalized spacial score (nSPS) is 9.90. The summed E-state index contributed by atoms with van der Waals surface area (Å²) in [6, 6.07) is 10.1. The molecule has 20 heavy (non-hydrogen) atoms. The molecular formula is C16H14O4. The van der Waals surface area contributed by atoms with Gasteiger partial charge in [0.15, 0.2) is 11.5 Å². The third-order valence-electron chi connectivity index (χ3n) is 2.97. The average Bonchev–Trinajstić information content (AvgIpc) is 2.45. The van der Waals surface area contributed by atoms with Crippen molar-refractivity contribution < 1.29 is 19.4 Å². The molecule has 0 aliphatic heterocycles. The van der Waals surface area contributed by atoms with E-state index in [2.05, 4.69) is 0 Å². The van der Waals surface area contributed by atoms with E-state index in [1.165, 1.54) is 0 Å². The van der Waals surface area contributed by atoms with Crippen LogP contribution in [-0.2, 0) is 0 Å². The van der Waals surface area contributed by atoms with E-state index < -0.39 is 0 Å². The number of aryl methyl sites for hydroxylation is 2. The molecule has 0 aliphatic rings. The fraction of sp³-hybridized carbons (Fsp3) is 0.125. The Bertz CT molecular complexity index is 589. The molecule has 0 heterocycles. The molecule has 0 bridgehead atoms. The summed E-state index contributed by atoms with van der Waals surface area (Å²) in [5.74, 6) is 1.01. The van der Waals surface area contributed by atoms with Crippen LogP contribution in [0.15, 0.2) is 36.4 Å². The lowest BCUT2D eigenvalue weighted by atomic mass is 10.1. The van der Waals surface area contributed by atoms with Crippen LogP contribution < -0.4 is 9.78 Å². The van der Waals surface area contributed by atoms with Crippen molar-refractivity contribution in [2.45, 2.75) is 13.8 Å². The predicted molar refractivity (Wildman–Crippen MR) is 74.4 cm³/mol. The first-order valence-corrected chi connectivity index (χ1v) is 6.10. The lowest BCUT2D eigenvalue weighted by molar-refractivity contribution is -0.1000. The fourth-order valence-electron chi connectivity index (χ4n) is 1.76. The number of aldehydes is 2. The maximum atomic E-state index is 10.7. The molecule has 0 atom stereocenters. The van der Waals surface area contributed by atoms with Gasteiger partial charge in [0, 0.05) is 11.1 Å². The van der Waals surface area contributed by atoms with E-state index >= 15 is 0 Å². The molecule has 0 saturated carbocycles. The van der Waals surface area contributed by atoms with E-state index in [1.54, 1.807) is 36.4 Å². The summed E-state index contributed by atoms with van der Waals surface area (Å²) >= 11 is 0. The van der Waals surface area contributed by atoms with Gasteiger partial charge in [0.25, 0.3) is 0 Å². The summed E-state index contributed by atoms with van der Waals surface area (Å²) in [5.41, 5.74) is 2.86. The Morgan fingerprint density at radius 1 is 0.750 bits per heavy atom. The zero-order valence-corrected chi connectivity index (χ0v) is 11.3. The van der Waals surface area contributed by atoms with Gasteiger partial charge in [-0.15, -0.1) is 0 Å². The average molecular weight is 270 g/mol. The third-order valence-corrected chi connectivity index (χ3v) is 2.97. The van der Waals surface area contributed by atoms with Gasteiger partial charge in [-0.25, -0.2) is 0 Å². The molecule has 4 heteroatoms. The second-order valence-electron chi connectivity index (χ2n) is 4.44. The third kappa shape index (κ3) is 3.03. The molecule has 0 fully saturated rings. The number of hydrogen-bond acceptors (Lipinski definition) is 4. The van der Waals surface area contributed by atoms with Crippen molar-refractivity contribution in [3.8, 4) is 11.5 Å². The molecular weight excluding hydrogens is 256 g/mol. The molecule has 0 saturated heterocycles. The highest BCUT2D eigenvalue weighted by molar-refractivity contribution is 5.78. The summed E-state index contributed by atoms with van der Waals surface area (Å²) in [6.07, 6.45) is 1.59. The highest BCUT2D eigenvalue weighted by Gasteiger charge is 2.04. The number of carbonyl (C=O) groups excluding carboxylic acids is 2. The molecule has 0 unspecified atom stereocenters. The van der Waals surface area contributed by atoms with Gasteiger partial charge in [-0.3, -0.25) is 19.4 Å². The van der Waals surface area contributed by atoms with Crippen LogP contribution in [0.1, 0.15) is 31.8 Å². The Morgan fingerprint density at radius 3 is 1.45 bits per heavy atom. The fourth-order valence-corrected chi connectivity index (χ4v) is 1.76. The Hall–Kier alpha value is -2.62. The Morgan fingerprint density at radius 2 is 1.15 bits per heavy atom. The van der Waals surface area contributed by atoms with Crippen LogP contribution in [0.4, 0.5) is 0 Å². The van der Waals surface area contributed by atoms with Crippen molar-refractivity contribution in [1.29, 1.82) is 0 Å². The highest BCUT2D eigenvalue weighted by Crippen LogP contribution is 2.20. The first-order chi connectivity index (χ1) is 9.63. The lowest BCUT2D eigenvalue weighted by Crippen LogP contribution is -2.02. The van der Waals surface area contributed by atoms with E-state index in [9.17, 15) is 9.59 Å². The molecule has 2 aromatic rings. The van der Waals surface area contributed by atoms with E-state index in [0.717, 1.165) is 23.7 Å². The summed E-state index contributed by atoms with van der Waals surface area (Å²) in [7, 11) is 0. The summed E-state index contributed by atoms with van der Waals surface area (Å²) < 4.78 is 0. The molecule has 4 nitrogen and oxygen atoms in total. The zero-order chi connectivity index (χ0) is 14.5. The maximum Gasteiger partial charge on any atom is 0.178 e. The molecule has 0 spiro atoms. The largest absolute Gasteiger partial charge is 0.298 e. The van der Waals surface area contributed by atoms with Crippen LogP contribution in [0.2, 0.25) is 0 Å². The van der Waals surface area contributed by atoms with Crippen molar-refractivity contribution in [2.75, 3.05) is 0 Å². The van der Waals surface area contributed by atoms with Crippen LogP contribution in [0.3, 0.4) is 0 Å². The molecule has 0 amide bonds. The topological polar surface area (TPSA) is 52.6 Å². The number of carbonyl (C=O) groups is 2. The number of rotatable bonds is 5. The van der Waals surface area contributed by atoms with Crippen LogP contribution in [0.25, 0.3) is 0 Å². The molecule has 102 valence electrons. The minimum atomic E-state index is 0.505. The van der Waals surface area contributed by atoms with Crippen LogP contribution >= 0.6 is 0 Å². The second kappa shape index (κ2) is 6.02. The van der Waals surface area contributed by atoms with E-state index in [-0.39, 0.29) is 0 Å². The first-order valence-electron chi connectivity index (χ1n) is 6.10. The van der Waals surface area contributed by atoms with Gasteiger partial charge in [-0.05, 0) is 61.4 Å². The van der Waals surface area contributed by atoms with Gasteiger partial charge in [0.1, 0.15) is 12.6 Å². The summed E-state index contributed by atoms with van der Waals surface area (Å²) in [4.78, 5) is 31.8.